The summed E-state index contributed by atoms with van der Waals surface area (Å²) in [5.41, 5.74) is 0.851. The van der Waals surface area contributed by atoms with Crippen LogP contribution in [0.5, 0.6) is 5.75 Å². The van der Waals surface area contributed by atoms with Gasteiger partial charge in [0.1, 0.15) is 5.75 Å². The first-order chi connectivity index (χ1) is 11.2. The van der Waals surface area contributed by atoms with E-state index in [2.05, 4.69) is 54.1 Å². The Hall–Kier alpha value is -1.31. The molecule has 0 aliphatic heterocycles. The molecule has 0 unspecified atom stereocenters. The van der Waals surface area contributed by atoms with Crippen molar-refractivity contribution in [2.45, 2.75) is 10.6 Å². The van der Waals surface area contributed by atoms with Gasteiger partial charge in [0, 0.05) is 10.5 Å². The summed E-state index contributed by atoms with van der Waals surface area (Å²) < 4.78 is 12.3. The molecule has 0 aliphatic rings. The van der Waals surface area contributed by atoms with Crippen molar-refractivity contribution >= 4 is 43.6 Å². The second-order valence-electron chi connectivity index (χ2n) is 4.59. The SMILES string of the molecule is COc1c(Br)cc(-c2noc(CSc3ccccc3)n2)cc1Br. The van der Waals surface area contributed by atoms with Crippen LogP contribution in [0.2, 0.25) is 0 Å². The van der Waals surface area contributed by atoms with Crippen LogP contribution < -0.4 is 4.74 Å². The lowest BCUT2D eigenvalue weighted by Crippen LogP contribution is -1.89. The smallest absolute Gasteiger partial charge is 0.237 e. The molecule has 23 heavy (non-hydrogen) atoms. The van der Waals surface area contributed by atoms with E-state index < -0.39 is 0 Å². The molecule has 1 aromatic heterocycles. The topological polar surface area (TPSA) is 48.2 Å². The normalized spacial score (nSPS) is 10.7. The molecule has 0 fully saturated rings. The lowest BCUT2D eigenvalue weighted by atomic mass is 10.2. The monoisotopic (exact) mass is 454 g/mol. The van der Waals surface area contributed by atoms with E-state index in [0.717, 1.165) is 20.3 Å². The van der Waals surface area contributed by atoms with Crippen molar-refractivity contribution in [3.05, 3.63) is 57.3 Å². The van der Waals surface area contributed by atoms with Crippen LogP contribution in [0, 0.1) is 0 Å². The molecule has 2 aromatic carbocycles. The molecule has 0 saturated carbocycles. The predicted molar refractivity (Wildman–Crippen MR) is 97.7 cm³/mol. The molecular weight excluding hydrogens is 444 g/mol. The highest BCUT2D eigenvalue weighted by Crippen LogP contribution is 2.37. The van der Waals surface area contributed by atoms with Gasteiger partial charge in [0.05, 0.1) is 21.8 Å². The van der Waals surface area contributed by atoms with Gasteiger partial charge < -0.3 is 9.26 Å². The molecule has 0 aliphatic carbocycles. The summed E-state index contributed by atoms with van der Waals surface area (Å²) in [6, 6.07) is 13.9. The number of methoxy groups -OCH3 is 1. The van der Waals surface area contributed by atoms with E-state index in [1.165, 1.54) is 4.90 Å². The number of rotatable bonds is 5. The van der Waals surface area contributed by atoms with E-state index in [1.807, 2.05) is 30.3 Å². The average Bonchev–Trinajstić information content (AvgIpc) is 3.02. The molecule has 0 spiro atoms. The average molecular weight is 456 g/mol. The third kappa shape index (κ3) is 3.97. The molecule has 7 heteroatoms. The maximum Gasteiger partial charge on any atom is 0.237 e. The Bertz CT molecular complexity index is 786. The van der Waals surface area contributed by atoms with E-state index in [1.54, 1.807) is 18.9 Å². The number of aromatic nitrogens is 2. The number of halogens is 2. The van der Waals surface area contributed by atoms with Gasteiger partial charge in [-0.1, -0.05) is 23.4 Å². The van der Waals surface area contributed by atoms with Crippen LogP contribution in [0.15, 0.2) is 60.8 Å². The van der Waals surface area contributed by atoms with Crippen molar-refractivity contribution in [3.63, 3.8) is 0 Å². The molecule has 118 valence electrons. The highest BCUT2D eigenvalue weighted by Gasteiger charge is 2.14. The number of nitrogens with zero attached hydrogens (tertiary/aromatic N) is 2. The Morgan fingerprint density at radius 3 is 2.48 bits per heavy atom. The van der Waals surface area contributed by atoms with Gasteiger partial charge in [0.25, 0.3) is 0 Å². The van der Waals surface area contributed by atoms with Crippen LogP contribution in [-0.2, 0) is 5.75 Å². The van der Waals surface area contributed by atoms with E-state index in [-0.39, 0.29) is 0 Å². The fourth-order valence-corrected chi connectivity index (χ4v) is 4.24. The standard InChI is InChI=1S/C16H12Br2N2O2S/c1-21-15-12(17)7-10(8-13(15)18)16-19-14(22-20-16)9-23-11-5-3-2-4-6-11/h2-8H,9H2,1H3. The van der Waals surface area contributed by atoms with Gasteiger partial charge in [-0.15, -0.1) is 11.8 Å². The second kappa shape index (κ2) is 7.51. The van der Waals surface area contributed by atoms with Crippen molar-refractivity contribution in [1.29, 1.82) is 0 Å². The predicted octanol–water partition coefficient (Wildman–Crippen LogP) is 5.56. The second-order valence-corrected chi connectivity index (χ2v) is 7.34. The van der Waals surface area contributed by atoms with Crippen LogP contribution in [0.3, 0.4) is 0 Å². The number of hydrogen-bond acceptors (Lipinski definition) is 5. The maximum absolute atomic E-state index is 5.33. The van der Waals surface area contributed by atoms with Crippen LogP contribution in [-0.4, -0.2) is 17.3 Å². The highest BCUT2D eigenvalue weighted by atomic mass is 79.9. The summed E-state index contributed by atoms with van der Waals surface area (Å²) in [4.78, 5) is 5.62. The van der Waals surface area contributed by atoms with Gasteiger partial charge in [-0.3, -0.25) is 0 Å². The first kappa shape index (κ1) is 16.5. The largest absolute Gasteiger partial charge is 0.494 e. The molecule has 0 saturated heterocycles. The van der Waals surface area contributed by atoms with Gasteiger partial charge >= 0.3 is 0 Å². The Morgan fingerprint density at radius 1 is 1.13 bits per heavy atom. The maximum atomic E-state index is 5.33. The molecule has 3 aromatic rings. The number of thioether (sulfide) groups is 1. The quantitative estimate of drug-likeness (QED) is 0.471. The van der Waals surface area contributed by atoms with Crippen molar-refractivity contribution in [1.82, 2.24) is 10.1 Å². The minimum Gasteiger partial charge on any atom is -0.494 e. The first-order valence-electron chi connectivity index (χ1n) is 6.71. The summed E-state index contributed by atoms with van der Waals surface area (Å²) in [6.45, 7) is 0. The van der Waals surface area contributed by atoms with E-state index >= 15 is 0 Å². The van der Waals surface area contributed by atoms with Gasteiger partial charge in [-0.25, -0.2) is 0 Å². The van der Waals surface area contributed by atoms with E-state index in [4.69, 9.17) is 9.26 Å². The molecule has 0 radical (unpaired) electrons. The lowest BCUT2D eigenvalue weighted by Gasteiger charge is -2.06. The summed E-state index contributed by atoms with van der Waals surface area (Å²) in [6.07, 6.45) is 0. The molecule has 0 amide bonds. The number of ether oxygens (including phenoxy) is 1. The van der Waals surface area contributed by atoms with Crippen molar-refractivity contribution in [3.8, 4) is 17.1 Å². The molecule has 0 bridgehead atoms. The van der Waals surface area contributed by atoms with Crippen LogP contribution >= 0.6 is 43.6 Å². The third-order valence-corrected chi connectivity index (χ3v) is 5.21. The van der Waals surface area contributed by atoms with Crippen LogP contribution in [0.1, 0.15) is 5.89 Å². The Balaban J connectivity index is 1.77. The number of hydrogen-bond donors (Lipinski definition) is 0. The number of benzene rings is 2. The molecule has 0 atom stereocenters. The Morgan fingerprint density at radius 2 is 1.83 bits per heavy atom. The molecule has 3 rings (SSSR count). The summed E-state index contributed by atoms with van der Waals surface area (Å²) in [5, 5.41) is 4.05. The minimum absolute atomic E-state index is 0.553. The fraction of sp³-hybridized carbons (Fsp3) is 0.125. The van der Waals surface area contributed by atoms with Crippen molar-refractivity contribution in [2.75, 3.05) is 7.11 Å². The zero-order valence-corrected chi connectivity index (χ0v) is 16.1. The molecular formula is C16H12Br2N2O2S. The van der Waals surface area contributed by atoms with E-state index in [9.17, 15) is 0 Å². The molecule has 0 N–H and O–H groups in total. The Labute approximate surface area is 154 Å². The molecule has 4 nitrogen and oxygen atoms in total. The third-order valence-electron chi connectivity index (χ3n) is 3.03. The lowest BCUT2D eigenvalue weighted by molar-refractivity contribution is 0.391. The highest BCUT2D eigenvalue weighted by molar-refractivity contribution is 9.11. The van der Waals surface area contributed by atoms with Gasteiger partial charge in [0.2, 0.25) is 11.7 Å². The zero-order valence-electron chi connectivity index (χ0n) is 12.1. The fourth-order valence-electron chi connectivity index (χ4n) is 1.98. The summed E-state index contributed by atoms with van der Waals surface area (Å²) in [5.74, 6) is 2.52. The van der Waals surface area contributed by atoms with Crippen LogP contribution in [0.25, 0.3) is 11.4 Å². The summed E-state index contributed by atoms with van der Waals surface area (Å²) >= 11 is 8.62. The molecule has 1 heterocycles. The van der Waals surface area contributed by atoms with E-state index in [0.29, 0.717) is 17.5 Å². The summed E-state index contributed by atoms with van der Waals surface area (Å²) in [7, 11) is 1.62. The van der Waals surface area contributed by atoms with Gasteiger partial charge in [0.15, 0.2) is 0 Å². The van der Waals surface area contributed by atoms with Crippen molar-refractivity contribution in [2.24, 2.45) is 0 Å². The van der Waals surface area contributed by atoms with Gasteiger partial charge in [-0.2, -0.15) is 4.98 Å². The zero-order chi connectivity index (χ0) is 16.2. The van der Waals surface area contributed by atoms with Gasteiger partial charge in [-0.05, 0) is 56.1 Å². The minimum atomic E-state index is 0.553. The first-order valence-corrected chi connectivity index (χ1v) is 9.28. The van der Waals surface area contributed by atoms with Crippen LogP contribution in [0.4, 0.5) is 0 Å². The van der Waals surface area contributed by atoms with Crippen molar-refractivity contribution < 1.29 is 9.26 Å². The Kier molecular flexibility index (Phi) is 5.40.